The number of nitrogens with zero attached hydrogens (tertiary/aromatic N) is 2. The van der Waals surface area contributed by atoms with Crippen molar-refractivity contribution in [1.29, 1.82) is 0 Å². The summed E-state index contributed by atoms with van der Waals surface area (Å²) in [6, 6.07) is 10.6. The van der Waals surface area contributed by atoms with Gasteiger partial charge in [-0.2, -0.15) is 5.10 Å². The Kier molecular flexibility index (Phi) is 5.60. The van der Waals surface area contributed by atoms with Crippen LogP contribution in [0.5, 0.6) is 0 Å². The topological polar surface area (TPSA) is 70.4 Å². The molecule has 1 aromatic carbocycles. The first-order valence-electron chi connectivity index (χ1n) is 8.71. The monoisotopic (exact) mass is 386 g/mol. The second kappa shape index (κ2) is 7.92. The van der Waals surface area contributed by atoms with E-state index in [1.165, 1.54) is 18.4 Å². The fraction of sp³-hybridized carbons (Fsp3) is 0.350. The van der Waals surface area contributed by atoms with Crippen LogP contribution in [0.15, 0.2) is 36.4 Å². The Hall–Kier alpha value is -2.67. The summed E-state index contributed by atoms with van der Waals surface area (Å²) in [6.07, 6.45) is -1.10. The molecule has 3 aromatic rings. The molecule has 1 unspecified atom stereocenters. The SMILES string of the molecule is COC(=O)C(OC(=O)c1cc2c(C)nn(CC(C)C)c2s1)c1ccccc1. The third-order valence-electron chi connectivity index (χ3n) is 4.09. The van der Waals surface area contributed by atoms with Gasteiger partial charge in [0.2, 0.25) is 6.10 Å². The van der Waals surface area contributed by atoms with Gasteiger partial charge >= 0.3 is 11.9 Å². The van der Waals surface area contributed by atoms with Crippen LogP contribution in [0.25, 0.3) is 10.2 Å². The summed E-state index contributed by atoms with van der Waals surface area (Å²) >= 11 is 1.33. The number of thiophene rings is 1. The predicted octanol–water partition coefficient (Wildman–Crippen LogP) is 4.13. The van der Waals surface area contributed by atoms with Crippen LogP contribution < -0.4 is 0 Å². The number of fused-ring (bicyclic) bond motifs is 1. The molecule has 7 heteroatoms. The number of aromatic nitrogens is 2. The molecule has 0 fully saturated rings. The van der Waals surface area contributed by atoms with Crippen molar-refractivity contribution in [2.45, 2.75) is 33.4 Å². The molecule has 1 atom stereocenters. The van der Waals surface area contributed by atoms with Gasteiger partial charge in [-0.3, -0.25) is 4.68 Å². The standard InChI is InChI=1S/C20H22N2O4S/c1-12(2)11-22-18-15(13(3)21-22)10-16(27-18)19(23)26-17(20(24)25-4)14-8-6-5-7-9-14/h5-10,12,17H,11H2,1-4H3. The molecule has 0 N–H and O–H groups in total. The molecule has 142 valence electrons. The molecule has 0 radical (unpaired) electrons. The summed E-state index contributed by atoms with van der Waals surface area (Å²) in [6.45, 7) is 6.93. The molecule has 0 aliphatic heterocycles. The number of carbonyl (C=O) groups excluding carboxylic acids is 2. The molecular weight excluding hydrogens is 364 g/mol. The Labute approximate surface area is 161 Å². The number of rotatable bonds is 6. The van der Waals surface area contributed by atoms with Gasteiger partial charge in [-0.05, 0) is 18.9 Å². The zero-order valence-electron chi connectivity index (χ0n) is 15.8. The highest BCUT2D eigenvalue weighted by Crippen LogP contribution is 2.31. The van der Waals surface area contributed by atoms with Crippen molar-refractivity contribution in [3.05, 3.63) is 52.5 Å². The fourth-order valence-electron chi connectivity index (χ4n) is 2.84. The van der Waals surface area contributed by atoms with E-state index < -0.39 is 18.0 Å². The smallest absolute Gasteiger partial charge is 0.351 e. The second-order valence-electron chi connectivity index (χ2n) is 6.71. The number of hydrogen-bond acceptors (Lipinski definition) is 6. The van der Waals surface area contributed by atoms with E-state index in [4.69, 9.17) is 9.47 Å². The summed E-state index contributed by atoms with van der Waals surface area (Å²) in [4.78, 5) is 26.2. The average molecular weight is 386 g/mol. The molecule has 0 aliphatic carbocycles. The van der Waals surface area contributed by atoms with Crippen LogP contribution in [0.3, 0.4) is 0 Å². The second-order valence-corrected chi connectivity index (χ2v) is 7.74. The van der Waals surface area contributed by atoms with Crippen LogP contribution in [0.2, 0.25) is 0 Å². The molecule has 2 aromatic heterocycles. The third kappa shape index (κ3) is 4.03. The number of aryl methyl sites for hydroxylation is 1. The molecule has 3 rings (SSSR count). The van der Waals surface area contributed by atoms with Gasteiger partial charge < -0.3 is 9.47 Å². The minimum Gasteiger partial charge on any atom is -0.466 e. The van der Waals surface area contributed by atoms with Gasteiger partial charge in [0, 0.05) is 17.5 Å². The number of methoxy groups -OCH3 is 1. The third-order valence-corrected chi connectivity index (χ3v) is 5.22. The van der Waals surface area contributed by atoms with Crippen molar-refractivity contribution < 1.29 is 19.1 Å². The van der Waals surface area contributed by atoms with E-state index in [9.17, 15) is 9.59 Å². The normalized spacial score (nSPS) is 12.3. The Morgan fingerprint density at radius 1 is 1.22 bits per heavy atom. The first-order valence-corrected chi connectivity index (χ1v) is 9.53. The molecule has 0 saturated carbocycles. The van der Waals surface area contributed by atoms with Crippen LogP contribution in [0.1, 0.15) is 40.9 Å². The van der Waals surface area contributed by atoms with Gasteiger partial charge in [0.15, 0.2) is 0 Å². The van der Waals surface area contributed by atoms with E-state index >= 15 is 0 Å². The molecule has 27 heavy (non-hydrogen) atoms. The van der Waals surface area contributed by atoms with Crippen LogP contribution in [0, 0.1) is 12.8 Å². The minimum atomic E-state index is -1.10. The van der Waals surface area contributed by atoms with Crippen molar-refractivity contribution in [3.8, 4) is 0 Å². The van der Waals surface area contributed by atoms with Crippen LogP contribution in [0.4, 0.5) is 0 Å². The molecular formula is C20H22N2O4S. The lowest BCUT2D eigenvalue weighted by Gasteiger charge is -2.15. The Morgan fingerprint density at radius 2 is 1.93 bits per heavy atom. The Balaban J connectivity index is 1.89. The highest BCUT2D eigenvalue weighted by atomic mass is 32.1. The maximum Gasteiger partial charge on any atom is 0.351 e. The van der Waals surface area contributed by atoms with Crippen LogP contribution >= 0.6 is 11.3 Å². The molecule has 0 aliphatic rings. The van der Waals surface area contributed by atoms with E-state index in [-0.39, 0.29) is 0 Å². The Bertz CT molecular complexity index is 959. The summed E-state index contributed by atoms with van der Waals surface area (Å²) in [5, 5.41) is 5.47. The number of esters is 2. The van der Waals surface area contributed by atoms with Gasteiger partial charge in [0.05, 0.1) is 12.8 Å². The van der Waals surface area contributed by atoms with Crippen molar-refractivity contribution in [1.82, 2.24) is 9.78 Å². The largest absolute Gasteiger partial charge is 0.466 e. The zero-order valence-corrected chi connectivity index (χ0v) is 16.6. The molecule has 0 saturated heterocycles. The van der Waals surface area contributed by atoms with Gasteiger partial charge in [0.25, 0.3) is 0 Å². The van der Waals surface area contributed by atoms with Crippen molar-refractivity contribution in [3.63, 3.8) is 0 Å². The van der Waals surface area contributed by atoms with Crippen molar-refractivity contribution >= 4 is 33.5 Å². The maximum absolute atomic E-state index is 12.7. The predicted molar refractivity (Wildman–Crippen MR) is 104 cm³/mol. The maximum atomic E-state index is 12.7. The summed E-state index contributed by atoms with van der Waals surface area (Å²) in [7, 11) is 1.27. The highest BCUT2D eigenvalue weighted by Gasteiger charge is 2.28. The molecule has 0 amide bonds. The van der Waals surface area contributed by atoms with Crippen molar-refractivity contribution in [2.75, 3.05) is 7.11 Å². The first-order chi connectivity index (χ1) is 12.9. The first kappa shape index (κ1) is 19.1. The lowest BCUT2D eigenvalue weighted by atomic mass is 10.1. The lowest BCUT2D eigenvalue weighted by molar-refractivity contribution is -0.151. The van der Waals surface area contributed by atoms with E-state index in [0.717, 1.165) is 22.5 Å². The quantitative estimate of drug-likeness (QED) is 0.596. The van der Waals surface area contributed by atoms with Gasteiger partial charge in [0.1, 0.15) is 9.71 Å². The van der Waals surface area contributed by atoms with Crippen LogP contribution in [-0.2, 0) is 20.8 Å². The Morgan fingerprint density at radius 3 is 2.56 bits per heavy atom. The van der Waals surface area contributed by atoms with Gasteiger partial charge in [-0.15, -0.1) is 11.3 Å². The van der Waals surface area contributed by atoms with E-state index in [2.05, 4.69) is 18.9 Å². The van der Waals surface area contributed by atoms with Crippen LogP contribution in [-0.4, -0.2) is 28.8 Å². The van der Waals surface area contributed by atoms with E-state index in [1.807, 2.05) is 17.7 Å². The molecule has 2 heterocycles. The molecule has 6 nitrogen and oxygen atoms in total. The summed E-state index contributed by atoms with van der Waals surface area (Å²) < 4.78 is 12.2. The summed E-state index contributed by atoms with van der Waals surface area (Å²) in [5.74, 6) is -0.726. The minimum absolute atomic E-state index is 0.437. The number of carbonyl (C=O) groups is 2. The number of hydrogen-bond donors (Lipinski definition) is 0. The zero-order chi connectivity index (χ0) is 19.6. The highest BCUT2D eigenvalue weighted by molar-refractivity contribution is 7.20. The fourth-order valence-corrected chi connectivity index (χ4v) is 3.89. The lowest BCUT2D eigenvalue weighted by Crippen LogP contribution is -2.20. The van der Waals surface area contributed by atoms with E-state index in [0.29, 0.717) is 16.4 Å². The van der Waals surface area contributed by atoms with Gasteiger partial charge in [-0.25, -0.2) is 9.59 Å². The average Bonchev–Trinajstić information content (AvgIpc) is 3.21. The number of benzene rings is 1. The summed E-state index contributed by atoms with van der Waals surface area (Å²) in [5.41, 5.74) is 1.44. The molecule has 0 spiro atoms. The van der Waals surface area contributed by atoms with Gasteiger partial charge in [-0.1, -0.05) is 44.2 Å². The van der Waals surface area contributed by atoms with E-state index in [1.54, 1.807) is 30.3 Å². The molecule has 0 bridgehead atoms. The number of ether oxygens (including phenoxy) is 2. The van der Waals surface area contributed by atoms with Crippen molar-refractivity contribution in [2.24, 2.45) is 5.92 Å².